The van der Waals surface area contributed by atoms with E-state index >= 15 is 0 Å². The molecule has 0 bridgehead atoms. The van der Waals surface area contributed by atoms with Crippen LogP contribution in [0, 0.1) is 18.3 Å². The van der Waals surface area contributed by atoms with Crippen LogP contribution in [0.25, 0.3) is 0 Å². The Bertz CT molecular complexity index is 387. The Labute approximate surface area is 100 Å². The fourth-order valence-corrected chi connectivity index (χ4v) is 1.43. The highest BCUT2D eigenvalue weighted by Crippen LogP contribution is 2.23. The molecule has 86 valence electrons. The van der Waals surface area contributed by atoms with Crippen molar-refractivity contribution in [3.05, 3.63) is 34.3 Å². The molecule has 3 nitrogen and oxygen atoms in total. The number of nitrogens with zero attached hydrogens (tertiary/aromatic N) is 1. The molecular formula is C12H14ClNO2. The number of hydrogen-bond donors (Lipinski definition) is 1. The first-order chi connectivity index (χ1) is 7.69. The van der Waals surface area contributed by atoms with Gasteiger partial charge in [-0.3, -0.25) is 0 Å². The predicted molar refractivity (Wildman–Crippen MR) is 62.2 cm³/mol. The number of aliphatic hydroxyl groups excluding tert-OH is 1. The van der Waals surface area contributed by atoms with Gasteiger partial charge in [0.25, 0.3) is 0 Å². The van der Waals surface area contributed by atoms with E-state index in [2.05, 4.69) is 6.07 Å². The average molecular weight is 240 g/mol. The lowest BCUT2D eigenvalue weighted by Crippen LogP contribution is -2.04. The van der Waals surface area contributed by atoms with Gasteiger partial charge in [-0.25, -0.2) is 0 Å². The van der Waals surface area contributed by atoms with Crippen LogP contribution >= 0.6 is 11.6 Å². The van der Waals surface area contributed by atoms with E-state index in [1.54, 1.807) is 6.07 Å². The van der Waals surface area contributed by atoms with E-state index in [1.807, 2.05) is 19.1 Å². The van der Waals surface area contributed by atoms with Crippen molar-refractivity contribution in [2.24, 2.45) is 0 Å². The molecule has 0 aliphatic heterocycles. The van der Waals surface area contributed by atoms with Crippen LogP contribution in [0.15, 0.2) is 18.2 Å². The molecule has 1 rings (SSSR count). The topological polar surface area (TPSA) is 53.2 Å². The Kier molecular flexibility index (Phi) is 5.27. The molecule has 0 radical (unpaired) electrons. The lowest BCUT2D eigenvalue weighted by atomic mass is 10.1. The second-order valence-corrected chi connectivity index (χ2v) is 3.87. The van der Waals surface area contributed by atoms with Crippen LogP contribution in [0.1, 0.15) is 23.7 Å². The normalized spacial score (nSPS) is 12.1. The molecule has 1 aromatic rings. The van der Waals surface area contributed by atoms with Crippen LogP contribution in [0.2, 0.25) is 5.02 Å². The van der Waals surface area contributed by atoms with Crippen molar-refractivity contribution >= 4 is 11.6 Å². The molecule has 0 saturated carbocycles. The van der Waals surface area contributed by atoms with Gasteiger partial charge in [-0.15, -0.1) is 0 Å². The maximum absolute atomic E-state index is 8.96. The van der Waals surface area contributed by atoms with Gasteiger partial charge >= 0.3 is 0 Å². The molecule has 1 unspecified atom stereocenters. The molecule has 4 heteroatoms. The maximum atomic E-state index is 8.96. The number of ether oxygens (including phenoxy) is 1. The van der Waals surface area contributed by atoms with Gasteiger partial charge < -0.3 is 9.84 Å². The average Bonchev–Trinajstić information content (AvgIpc) is 2.29. The molecule has 0 spiro atoms. The Hall–Kier alpha value is -1.08. The fourth-order valence-electron chi connectivity index (χ4n) is 1.25. The molecule has 0 amide bonds. The summed E-state index contributed by atoms with van der Waals surface area (Å²) in [5.74, 6) is 0. The molecule has 0 fully saturated rings. The summed E-state index contributed by atoms with van der Waals surface area (Å²) in [5, 5.41) is 18.2. The van der Waals surface area contributed by atoms with E-state index < -0.39 is 6.10 Å². The van der Waals surface area contributed by atoms with Crippen molar-refractivity contribution in [3.63, 3.8) is 0 Å². The minimum absolute atomic E-state index is 0.0623. The van der Waals surface area contributed by atoms with Gasteiger partial charge in [0, 0.05) is 11.6 Å². The second-order valence-electron chi connectivity index (χ2n) is 3.47. The third-order valence-electron chi connectivity index (χ3n) is 2.20. The lowest BCUT2D eigenvalue weighted by Gasteiger charge is -2.11. The number of rotatable bonds is 5. The molecule has 0 saturated heterocycles. The third kappa shape index (κ3) is 3.49. The quantitative estimate of drug-likeness (QED) is 0.804. The van der Waals surface area contributed by atoms with Gasteiger partial charge in [0.05, 0.1) is 12.7 Å². The van der Waals surface area contributed by atoms with Crippen molar-refractivity contribution in [1.29, 1.82) is 5.26 Å². The van der Waals surface area contributed by atoms with Gasteiger partial charge in [0.2, 0.25) is 0 Å². The van der Waals surface area contributed by atoms with Crippen molar-refractivity contribution in [2.45, 2.75) is 19.4 Å². The van der Waals surface area contributed by atoms with E-state index in [-0.39, 0.29) is 6.61 Å². The van der Waals surface area contributed by atoms with Crippen LogP contribution in [0.5, 0.6) is 0 Å². The second kappa shape index (κ2) is 6.49. The lowest BCUT2D eigenvalue weighted by molar-refractivity contribution is 0.0774. The fraction of sp³-hybridized carbons (Fsp3) is 0.417. The van der Waals surface area contributed by atoms with Gasteiger partial charge in [-0.2, -0.15) is 5.26 Å². The molecule has 1 aromatic carbocycles. The van der Waals surface area contributed by atoms with Crippen molar-refractivity contribution in [3.8, 4) is 6.07 Å². The highest BCUT2D eigenvalue weighted by atomic mass is 35.5. The van der Waals surface area contributed by atoms with Crippen LogP contribution in [0.3, 0.4) is 0 Å². The van der Waals surface area contributed by atoms with Crippen LogP contribution in [0.4, 0.5) is 0 Å². The number of nitriles is 1. The van der Waals surface area contributed by atoms with E-state index in [1.165, 1.54) is 0 Å². The van der Waals surface area contributed by atoms with Crippen LogP contribution in [-0.2, 0) is 4.74 Å². The predicted octanol–water partition coefficient (Wildman–Crippen LogP) is 2.61. The summed E-state index contributed by atoms with van der Waals surface area (Å²) in [6, 6.07) is 7.49. The Morgan fingerprint density at radius 3 is 2.88 bits per heavy atom. The molecule has 0 aliphatic carbocycles. The molecule has 1 N–H and O–H groups in total. The Balaban J connectivity index is 2.72. The van der Waals surface area contributed by atoms with Gasteiger partial charge in [-0.05, 0) is 30.5 Å². The molecule has 0 heterocycles. The molecule has 0 aromatic heterocycles. The highest BCUT2D eigenvalue weighted by molar-refractivity contribution is 6.31. The Morgan fingerprint density at radius 2 is 2.31 bits per heavy atom. The van der Waals surface area contributed by atoms with E-state index in [0.29, 0.717) is 18.1 Å². The first-order valence-corrected chi connectivity index (χ1v) is 5.45. The van der Waals surface area contributed by atoms with Crippen molar-refractivity contribution < 1.29 is 9.84 Å². The number of aryl methyl sites for hydroxylation is 1. The van der Waals surface area contributed by atoms with E-state index in [0.717, 1.165) is 11.1 Å². The van der Waals surface area contributed by atoms with Gasteiger partial charge in [0.15, 0.2) is 6.10 Å². The monoisotopic (exact) mass is 239 g/mol. The molecule has 1 atom stereocenters. The first kappa shape index (κ1) is 13.0. The number of hydrogen-bond acceptors (Lipinski definition) is 3. The molecule has 0 aliphatic rings. The summed E-state index contributed by atoms with van der Waals surface area (Å²) >= 11 is 5.97. The van der Waals surface area contributed by atoms with Crippen LogP contribution < -0.4 is 0 Å². The Morgan fingerprint density at radius 1 is 1.56 bits per heavy atom. The van der Waals surface area contributed by atoms with Crippen molar-refractivity contribution in [1.82, 2.24) is 0 Å². The minimum Gasteiger partial charge on any atom is -0.396 e. The zero-order valence-electron chi connectivity index (χ0n) is 9.11. The molecule has 16 heavy (non-hydrogen) atoms. The van der Waals surface area contributed by atoms with Crippen LogP contribution in [-0.4, -0.2) is 18.3 Å². The zero-order valence-corrected chi connectivity index (χ0v) is 9.87. The first-order valence-electron chi connectivity index (χ1n) is 5.07. The largest absolute Gasteiger partial charge is 0.396 e. The van der Waals surface area contributed by atoms with E-state index in [4.69, 9.17) is 26.7 Å². The number of benzene rings is 1. The molecular weight excluding hydrogens is 226 g/mol. The van der Waals surface area contributed by atoms with Gasteiger partial charge in [-0.1, -0.05) is 23.7 Å². The summed E-state index contributed by atoms with van der Waals surface area (Å²) in [6.45, 7) is 2.33. The number of halogens is 1. The SMILES string of the molecule is Cc1ccc(C(C#N)OCCCO)cc1Cl. The minimum atomic E-state index is -0.621. The van der Waals surface area contributed by atoms with Crippen molar-refractivity contribution in [2.75, 3.05) is 13.2 Å². The van der Waals surface area contributed by atoms with E-state index in [9.17, 15) is 0 Å². The standard InChI is InChI=1S/C12H14ClNO2/c1-9-3-4-10(7-11(9)13)12(8-14)16-6-2-5-15/h3-4,7,12,15H,2,5-6H2,1H3. The summed E-state index contributed by atoms with van der Waals surface area (Å²) in [6.07, 6.45) is -0.0951. The summed E-state index contributed by atoms with van der Waals surface area (Å²) in [7, 11) is 0. The smallest absolute Gasteiger partial charge is 0.169 e. The maximum Gasteiger partial charge on any atom is 0.169 e. The van der Waals surface area contributed by atoms with Gasteiger partial charge in [0.1, 0.15) is 0 Å². The summed E-state index contributed by atoms with van der Waals surface area (Å²) < 4.78 is 5.33. The number of aliphatic hydroxyl groups is 1. The summed E-state index contributed by atoms with van der Waals surface area (Å²) in [4.78, 5) is 0. The highest BCUT2D eigenvalue weighted by Gasteiger charge is 2.11. The zero-order chi connectivity index (χ0) is 12.0. The third-order valence-corrected chi connectivity index (χ3v) is 2.61. The summed E-state index contributed by atoms with van der Waals surface area (Å²) in [5.41, 5.74) is 1.72.